The third kappa shape index (κ3) is 5.85. The van der Waals surface area contributed by atoms with Crippen LogP contribution in [0.3, 0.4) is 0 Å². The highest BCUT2D eigenvalue weighted by molar-refractivity contribution is 6.30. The van der Waals surface area contributed by atoms with Gasteiger partial charge in [0.25, 0.3) is 0 Å². The number of hydrogen-bond donors (Lipinski definition) is 1. The molecule has 0 saturated carbocycles. The van der Waals surface area contributed by atoms with Gasteiger partial charge in [0.15, 0.2) is 5.65 Å². The van der Waals surface area contributed by atoms with Crippen molar-refractivity contribution in [3.63, 3.8) is 0 Å². The van der Waals surface area contributed by atoms with Gasteiger partial charge >= 0.3 is 6.03 Å². The number of nitrogens with one attached hydrogen (secondary N) is 1. The van der Waals surface area contributed by atoms with E-state index >= 15 is 0 Å². The molecule has 0 radical (unpaired) electrons. The highest BCUT2D eigenvalue weighted by Gasteiger charge is 2.24. The molecule has 3 heterocycles. The Hall–Kier alpha value is -3.65. The van der Waals surface area contributed by atoms with Gasteiger partial charge in [-0.2, -0.15) is 5.10 Å². The van der Waals surface area contributed by atoms with E-state index in [1.165, 1.54) is 0 Å². The minimum absolute atomic E-state index is 0.0766. The second-order valence-corrected chi connectivity index (χ2v) is 10.2. The maximum Gasteiger partial charge on any atom is 0.321 e. The van der Waals surface area contributed by atoms with E-state index in [4.69, 9.17) is 21.6 Å². The summed E-state index contributed by atoms with van der Waals surface area (Å²) in [6.07, 6.45) is 4.48. The molecule has 1 aliphatic rings. The average molecular weight is 518 g/mol. The van der Waals surface area contributed by atoms with E-state index in [0.717, 1.165) is 59.9 Å². The molecule has 2 aromatic heterocycles. The Morgan fingerprint density at radius 1 is 1.03 bits per heavy atom. The van der Waals surface area contributed by atoms with E-state index in [1.807, 2.05) is 70.4 Å². The van der Waals surface area contributed by atoms with E-state index in [2.05, 4.69) is 29.2 Å². The van der Waals surface area contributed by atoms with Crippen LogP contribution < -0.4 is 10.2 Å². The molecule has 1 N–H and O–H groups in total. The van der Waals surface area contributed by atoms with E-state index in [9.17, 15) is 4.79 Å². The summed E-state index contributed by atoms with van der Waals surface area (Å²) in [5.41, 5.74) is 2.44. The van der Waals surface area contributed by atoms with E-state index in [-0.39, 0.29) is 6.03 Å². The average Bonchev–Trinajstić information content (AvgIpc) is 3.16. The molecule has 1 aliphatic heterocycles. The van der Waals surface area contributed by atoms with E-state index in [0.29, 0.717) is 30.6 Å². The van der Waals surface area contributed by atoms with Crippen LogP contribution in [0.4, 0.5) is 16.3 Å². The van der Waals surface area contributed by atoms with Gasteiger partial charge in [-0.3, -0.25) is 0 Å². The smallest absolute Gasteiger partial charge is 0.321 e. The summed E-state index contributed by atoms with van der Waals surface area (Å²) in [4.78, 5) is 27.0. The van der Waals surface area contributed by atoms with Crippen LogP contribution >= 0.6 is 11.6 Å². The van der Waals surface area contributed by atoms with Gasteiger partial charge < -0.3 is 15.1 Å². The van der Waals surface area contributed by atoms with Gasteiger partial charge in [-0.05, 0) is 49.1 Å². The molecule has 2 aromatic carbocycles. The fourth-order valence-electron chi connectivity index (χ4n) is 4.56. The van der Waals surface area contributed by atoms with Crippen molar-refractivity contribution in [2.24, 2.45) is 5.92 Å². The lowest BCUT2D eigenvalue weighted by Gasteiger charge is -2.24. The number of amides is 2. The Morgan fingerprint density at radius 2 is 1.86 bits per heavy atom. The van der Waals surface area contributed by atoms with Gasteiger partial charge in [0.1, 0.15) is 11.6 Å². The number of para-hydroxylation sites is 1. The van der Waals surface area contributed by atoms with Gasteiger partial charge in [-0.1, -0.05) is 49.7 Å². The molecule has 9 heteroatoms. The number of carbonyl (C=O) groups is 1. The Labute approximate surface area is 222 Å². The highest BCUT2D eigenvalue weighted by Crippen LogP contribution is 2.28. The minimum atomic E-state index is -0.0766. The monoisotopic (exact) mass is 517 g/mol. The Bertz CT molecular complexity index is 1370. The van der Waals surface area contributed by atoms with Crippen LogP contribution in [-0.4, -0.2) is 56.9 Å². The number of hydrogen-bond acceptors (Lipinski definition) is 5. The fraction of sp³-hybridized carbons (Fsp3) is 0.357. The number of urea groups is 1. The first-order valence-electron chi connectivity index (χ1n) is 12.8. The van der Waals surface area contributed by atoms with Crippen LogP contribution in [0.5, 0.6) is 0 Å². The van der Waals surface area contributed by atoms with Crippen molar-refractivity contribution in [1.29, 1.82) is 0 Å². The lowest BCUT2D eigenvalue weighted by atomic mass is 10.1. The first-order chi connectivity index (χ1) is 18.0. The van der Waals surface area contributed by atoms with Crippen molar-refractivity contribution >= 4 is 40.2 Å². The topological polar surface area (TPSA) is 79.2 Å². The van der Waals surface area contributed by atoms with Crippen molar-refractivity contribution < 1.29 is 4.79 Å². The maximum atomic E-state index is 12.9. The van der Waals surface area contributed by atoms with Gasteiger partial charge in [0.05, 0.1) is 17.3 Å². The summed E-state index contributed by atoms with van der Waals surface area (Å²) in [6, 6.07) is 17.1. The zero-order chi connectivity index (χ0) is 25.8. The molecule has 0 atom stereocenters. The summed E-state index contributed by atoms with van der Waals surface area (Å²) in [6.45, 7) is 7.19. The maximum absolute atomic E-state index is 12.9. The quantitative estimate of drug-likeness (QED) is 0.349. The molecule has 37 heavy (non-hydrogen) atoms. The number of anilines is 2. The van der Waals surface area contributed by atoms with Crippen LogP contribution in [0.25, 0.3) is 16.7 Å². The predicted molar refractivity (Wildman–Crippen MR) is 149 cm³/mol. The molecule has 1 saturated heterocycles. The normalized spacial score (nSPS) is 14.3. The highest BCUT2D eigenvalue weighted by atomic mass is 35.5. The number of halogens is 1. The van der Waals surface area contributed by atoms with Gasteiger partial charge in [-0.25, -0.2) is 19.4 Å². The lowest BCUT2D eigenvalue weighted by molar-refractivity contribution is 0.215. The molecule has 0 unspecified atom stereocenters. The second kappa shape index (κ2) is 11.2. The number of nitrogens with zero attached hydrogens (tertiary/aromatic N) is 6. The van der Waals surface area contributed by atoms with Crippen molar-refractivity contribution in [3.8, 4) is 5.69 Å². The number of benzene rings is 2. The molecule has 0 aliphatic carbocycles. The van der Waals surface area contributed by atoms with Gasteiger partial charge in [-0.15, -0.1) is 0 Å². The molecule has 0 spiro atoms. The van der Waals surface area contributed by atoms with Crippen LogP contribution in [0.1, 0.15) is 32.5 Å². The number of aryl methyl sites for hydroxylation is 1. The molecule has 2 amide bonds. The van der Waals surface area contributed by atoms with Gasteiger partial charge in [0, 0.05) is 43.3 Å². The molecule has 192 valence electrons. The SMILES string of the molecule is CC(C)CCc1nc(N2CCCN(C(=O)Nc3ccccc3)CC2)c2cnn(-c3cccc(Cl)c3)c2n1. The summed E-state index contributed by atoms with van der Waals surface area (Å²) in [7, 11) is 0. The molecule has 0 bridgehead atoms. The van der Waals surface area contributed by atoms with Crippen LogP contribution in [-0.2, 0) is 6.42 Å². The Kier molecular flexibility index (Phi) is 7.55. The van der Waals surface area contributed by atoms with Gasteiger partial charge in [0.2, 0.25) is 0 Å². The summed E-state index contributed by atoms with van der Waals surface area (Å²) in [5.74, 6) is 2.24. The standard InChI is InChI=1S/C28H32ClN7O/c1-20(2)12-13-25-32-26(24-19-30-36(27(24)33-25)23-11-6-8-21(29)18-23)34-14-7-15-35(17-16-34)28(37)31-22-9-4-3-5-10-22/h3-6,8-11,18-20H,7,12-17H2,1-2H3,(H,31,37). The number of aromatic nitrogens is 4. The number of carbonyl (C=O) groups excluding carboxylic acids is 1. The van der Waals surface area contributed by atoms with E-state index < -0.39 is 0 Å². The van der Waals surface area contributed by atoms with Crippen LogP contribution in [0, 0.1) is 5.92 Å². The molecular formula is C28H32ClN7O. The predicted octanol–water partition coefficient (Wildman–Crippen LogP) is 5.80. The lowest BCUT2D eigenvalue weighted by Crippen LogP contribution is -2.38. The molecular weight excluding hydrogens is 486 g/mol. The van der Waals surface area contributed by atoms with Crippen LogP contribution in [0.2, 0.25) is 5.02 Å². The van der Waals surface area contributed by atoms with Crippen molar-refractivity contribution in [2.75, 3.05) is 36.4 Å². The van der Waals surface area contributed by atoms with Crippen molar-refractivity contribution in [1.82, 2.24) is 24.6 Å². The molecule has 4 aromatic rings. The van der Waals surface area contributed by atoms with E-state index in [1.54, 1.807) is 0 Å². The Balaban J connectivity index is 1.43. The number of fused-ring (bicyclic) bond motifs is 1. The molecule has 8 nitrogen and oxygen atoms in total. The zero-order valence-corrected chi connectivity index (χ0v) is 22.0. The first kappa shape index (κ1) is 25.0. The molecule has 5 rings (SSSR count). The minimum Gasteiger partial charge on any atom is -0.354 e. The van der Waals surface area contributed by atoms with Crippen LogP contribution in [0.15, 0.2) is 60.8 Å². The zero-order valence-electron chi connectivity index (χ0n) is 21.3. The fourth-order valence-corrected chi connectivity index (χ4v) is 4.75. The summed E-state index contributed by atoms with van der Waals surface area (Å²) in [5, 5.41) is 9.22. The third-order valence-electron chi connectivity index (χ3n) is 6.56. The van der Waals surface area contributed by atoms with Crippen molar-refractivity contribution in [2.45, 2.75) is 33.1 Å². The summed E-state index contributed by atoms with van der Waals surface area (Å²) < 4.78 is 1.84. The van der Waals surface area contributed by atoms with Crippen molar-refractivity contribution in [3.05, 3.63) is 71.6 Å². The largest absolute Gasteiger partial charge is 0.354 e. The second-order valence-electron chi connectivity index (χ2n) is 9.79. The first-order valence-corrected chi connectivity index (χ1v) is 13.2. The molecule has 1 fully saturated rings. The Morgan fingerprint density at radius 3 is 2.65 bits per heavy atom. The third-order valence-corrected chi connectivity index (χ3v) is 6.80. The summed E-state index contributed by atoms with van der Waals surface area (Å²) >= 11 is 6.27. The number of rotatable bonds is 6.